The number of anilines is 1. The van der Waals surface area contributed by atoms with Crippen LogP contribution in [-0.2, 0) is 14.4 Å². The van der Waals surface area contributed by atoms with Crippen molar-refractivity contribution in [2.24, 2.45) is 10.6 Å². The number of hydrogen-bond donors (Lipinski definition) is 4. The van der Waals surface area contributed by atoms with Gasteiger partial charge in [0.25, 0.3) is 5.91 Å². The molecule has 0 aliphatic carbocycles. The van der Waals surface area contributed by atoms with Gasteiger partial charge in [0.15, 0.2) is 10.8 Å². The lowest BCUT2D eigenvalue weighted by Crippen LogP contribution is -2.73. The van der Waals surface area contributed by atoms with E-state index in [1.54, 1.807) is 23.9 Å². The van der Waals surface area contributed by atoms with Crippen molar-refractivity contribution in [2.75, 3.05) is 18.0 Å². The molecule has 2 aliphatic heterocycles. The second kappa shape index (κ2) is 8.28. The number of carbonyl (C=O) groups excluding carboxylic acids is 2. The van der Waals surface area contributed by atoms with Crippen LogP contribution in [-0.4, -0.2) is 72.4 Å². The highest BCUT2D eigenvalue weighted by Gasteiger charge is 2.56. The van der Waals surface area contributed by atoms with Gasteiger partial charge in [0.05, 0.1) is 5.51 Å². The van der Waals surface area contributed by atoms with E-state index in [2.05, 4.69) is 20.4 Å². The van der Waals surface area contributed by atoms with Crippen LogP contribution in [0.15, 0.2) is 28.3 Å². The van der Waals surface area contributed by atoms with Gasteiger partial charge in [-0.3, -0.25) is 19.4 Å². The summed E-state index contributed by atoms with van der Waals surface area (Å²) in [5, 5.41) is 25.8. The first-order chi connectivity index (χ1) is 14.8. The molecule has 162 valence electrons. The summed E-state index contributed by atoms with van der Waals surface area (Å²) in [6.45, 7) is -0.00985. The van der Waals surface area contributed by atoms with Gasteiger partial charge < -0.3 is 26.3 Å². The molecule has 11 nitrogen and oxygen atoms in total. The third-order valence-electron chi connectivity index (χ3n) is 4.92. The molecular formula is C17H16N6O5S3. The Morgan fingerprint density at radius 3 is 2.84 bits per heavy atom. The first-order valence-corrected chi connectivity index (χ1v) is 11.6. The quantitative estimate of drug-likeness (QED) is 0.199. The number of carbonyl (C=O) groups is 3. The summed E-state index contributed by atoms with van der Waals surface area (Å²) >= 11 is 3.73. The lowest BCUT2D eigenvalue weighted by atomic mass is 9.86. The fourth-order valence-corrected chi connectivity index (χ4v) is 5.84. The number of nitrogens with one attached hydrogen (secondary N) is 1. The van der Waals surface area contributed by atoms with E-state index in [9.17, 15) is 24.7 Å². The number of thioether (sulfide) groups is 1. The molecule has 2 aromatic rings. The highest BCUT2D eigenvalue weighted by Crippen LogP contribution is 2.43. The standard InChI is InChI=1S/C17H16N6O5S3/c18-16-20-9(4-29-16)10(22-28)12(24)21-11-13(25)23-5-17(15(26)27,6-30-14(11)23)2-1-8-3-19-7-31-8/h1-4,7,11,14,28H,5-6H2,(H2,18,20)(H,21,24)(H,26,27)/t11?,14-,17?/m1/s1. The van der Waals surface area contributed by atoms with E-state index >= 15 is 0 Å². The van der Waals surface area contributed by atoms with Crippen molar-refractivity contribution < 1.29 is 24.7 Å². The van der Waals surface area contributed by atoms with Crippen LogP contribution >= 0.6 is 34.4 Å². The Balaban J connectivity index is 1.45. The summed E-state index contributed by atoms with van der Waals surface area (Å²) in [6, 6.07) is -0.859. The lowest BCUT2D eigenvalue weighted by Gasteiger charge is -2.53. The first kappa shape index (κ1) is 21.3. The molecule has 0 aromatic carbocycles. The number of rotatable bonds is 6. The Bertz CT molecular complexity index is 1080. The predicted octanol–water partition coefficient (Wildman–Crippen LogP) is 0.544. The van der Waals surface area contributed by atoms with E-state index in [1.807, 2.05) is 0 Å². The number of aliphatic carboxylic acids is 1. The number of nitrogens with two attached hydrogens (primary N) is 1. The zero-order valence-electron chi connectivity index (χ0n) is 15.7. The van der Waals surface area contributed by atoms with Crippen molar-refractivity contribution in [3.63, 3.8) is 0 Å². The second-order valence-electron chi connectivity index (χ2n) is 6.84. The highest BCUT2D eigenvalue weighted by molar-refractivity contribution is 8.00. The van der Waals surface area contributed by atoms with E-state index in [0.29, 0.717) is 0 Å². The highest BCUT2D eigenvalue weighted by atomic mass is 32.2. The average Bonchev–Trinajstić information content (AvgIpc) is 3.42. The van der Waals surface area contributed by atoms with E-state index in [-0.39, 0.29) is 28.8 Å². The van der Waals surface area contributed by atoms with Gasteiger partial charge >= 0.3 is 5.97 Å². The van der Waals surface area contributed by atoms with Gasteiger partial charge in [-0.1, -0.05) is 11.2 Å². The van der Waals surface area contributed by atoms with Crippen LogP contribution < -0.4 is 11.1 Å². The van der Waals surface area contributed by atoms with Crippen molar-refractivity contribution in [2.45, 2.75) is 11.4 Å². The molecule has 2 aliphatic rings. The summed E-state index contributed by atoms with van der Waals surface area (Å²) in [6.07, 6.45) is 4.92. The number of carboxylic acids is 1. The Kier molecular flexibility index (Phi) is 5.68. The minimum absolute atomic E-state index is 0.00985. The Labute approximate surface area is 187 Å². The Hall–Kier alpha value is -2.97. The molecule has 3 atom stereocenters. The zero-order chi connectivity index (χ0) is 22.2. The minimum Gasteiger partial charge on any atom is -0.481 e. The Morgan fingerprint density at radius 1 is 1.42 bits per heavy atom. The summed E-state index contributed by atoms with van der Waals surface area (Å²) in [5.41, 5.74) is 5.69. The van der Waals surface area contributed by atoms with Crippen molar-refractivity contribution in [3.05, 3.63) is 33.7 Å². The van der Waals surface area contributed by atoms with Crippen molar-refractivity contribution in [1.29, 1.82) is 0 Å². The minimum atomic E-state index is -1.24. The van der Waals surface area contributed by atoms with Gasteiger partial charge in [0, 0.05) is 28.8 Å². The molecule has 0 bridgehead atoms. The van der Waals surface area contributed by atoms with Gasteiger partial charge in [-0.05, 0) is 6.08 Å². The van der Waals surface area contributed by atoms with Crippen LogP contribution in [0.2, 0.25) is 0 Å². The molecule has 0 saturated carbocycles. The van der Waals surface area contributed by atoms with Crippen LogP contribution in [0.1, 0.15) is 10.6 Å². The number of nitrogen functional groups attached to an aromatic ring is 1. The van der Waals surface area contributed by atoms with Gasteiger partial charge in [0.1, 0.15) is 22.5 Å². The van der Waals surface area contributed by atoms with E-state index in [0.717, 1.165) is 16.2 Å². The number of oxime groups is 1. The monoisotopic (exact) mass is 480 g/mol. The van der Waals surface area contributed by atoms with Crippen molar-refractivity contribution in [3.8, 4) is 0 Å². The number of aromatic nitrogens is 2. The summed E-state index contributed by atoms with van der Waals surface area (Å²) in [7, 11) is 0. The average molecular weight is 481 g/mol. The number of nitrogens with zero attached hydrogens (tertiary/aromatic N) is 4. The maximum Gasteiger partial charge on any atom is 0.316 e. The fourth-order valence-electron chi connectivity index (χ4n) is 3.26. The van der Waals surface area contributed by atoms with E-state index in [4.69, 9.17) is 5.73 Å². The maximum atomic E-state index is 12.7. The Morgan fingerprint density at radius 2 is 2.23 bits per heavy atom. The molecule has 4 heterocycles. The SMILES string of the molecule is Nc1nc(C(=NO)C(=O)NC2C(=O)N3CC(C=Cc4cncs4)(C(=O)O)CS[C@H]23)cs1. The summed E-state index contributed by atoms with van der Waals surface area (Å²) in [5.74, 6) is -1.98. The molecule has 2 unspecified atom stereocenters. The van der Waals surface area contributed by atoms with Gasteiger partial charge in [-0.15, -0.1) is 34.4 Å². The largest absolute Gasteiger partial charge is 0.481 e. The van der Waals surface area contributed by atoms with Crippen LogP contribution in [0.4, 0.5) is 5.13 Å². The van der Waals surface area contributed by atoms with Crippen LogP contribution in [0.5, 0.6) is 0 Å². The molecule has 0 radical (unpaired) electrons. The first-order valence-electron chi connectivity index (χ1n) is 8.82. The van der Waals surface area contributed by atoms with Gasteiger partial charge in [-0.2, -0.15) is 0 Å². The number of carboxylic acid groups (broad SMARTS) is 1. The molecule has 2 amide bonds. The second-order valence-corrected chi connectivity index (χ2v) is 9.75. The molecular weight excluding hydrogens is 464 g/mol. The third kappa shape index (κ3) is 3.88. The smallest absolute Gasteiger partial charge is 0.316 e. The molecule has 0 spiro atoms. The number of amides is 2. The predicted molar refractivity (Wildman–Crippen MR) is 116 cm³/mol. The van der Waals surface area contributed by atoms with E-state index in [1.165, 1.54) is 33.4 Å². The maximum absolute atomic E-state index is 12.7. The summed E-state index contributed by atoms with van der Waals surface area (Å²) in [4.78, 5) is 47.3. The topological polar surface area (TPSA) is 171 Å². The number of hydrogen-bond acceptors (Lipinski definition) is 11. The van der Waals surface area contributed by atoms with E-state index < -0.39 is 34.6 Å². The third-order valence-corrected chi connectivity index (χ3v) is 7.88. The van der Waals surface area contributed by atoms with Crippen LogP contribution in [0.25, 0.3) is 6.08 Å². The molecule has 2 saturated heterocycles. The van der Waals surface area contributed by atoms with Gasteiger partial charge in [0.2, 0.25) is 5.91 Å². The molecule has 2 fully saturated rings. The lowest BCUT2D eigenvalue weighted by molar-refractivity contribution is -0.155. The molecule has 31 heavy (non-hydrogen) atoms. The van der Waals surface area contributed by atoms with Crippen LogP contribution in [0.3, 0.4) is 0 Å². The normalized spacial score (nSPS) is 25.9. The van der Waals surface area contributed by atoms with Crippen molar-refractivity contribution >= 4 is 69.1 Å². The number of β-lactam (4-membered cyclic amide) rings is 1. The molecule has 5 N–H and O–H groups in total. The molecule has 4 rings (SSSR count). The zero-order valence-corrected chi connectivity index (χ0v) is 18.1. The van der Waals surface area contributed by atoms with Gasteiger partial charge in [-0.25, -0.2) is 4.98 Å². The van der Waals surface area contributed by atoms with Crippen molar-refractivity contribution in [1.82, 2.24) is 20.2 Å². The number of fused-ring (bicyclic) bond motifs is 1. The van der Waals surface area contributed by atoms with Crippen LogP contribution in [0, 0.1) is 5.41 Å². The molecule has 14 heteroatoms. The summed E-state index contributed by atoms with van der Waals surface area (Å²) < 4.78 is 0. The number of thiazole rings is 2. The fraction of sp³-hybridized carbons (Fsp3) is 0.294. The molecule has 2 aromatic heterocycles.